The van der Waals surface area contributed by atoms with Crippen LogP contribution in [0.15, 0.2) is 96.9 Å². The fraction of sp³-hybridized carbons (Fsp3) is 0.333. The van der Waals surface area contributed by atoms with E-state index in [1.54, 1.807) is 0 Å². The van der Waals surface area contributed by atoms with E-state index in [9.17, 15) is 9.90 Å². The molecule has 7 rings (SSSR count). The van der Waals surface area contributed by atoms with Crippen LogP contribution >= 0.6 is 0 Å². The van der Waals surface area contributed by atoms with Crippen LogP contribution in [-0.4, -0.2) is 20.3 Å². The second-order valence-corrected chi connectivity index (χ2v) is 14.7. The fourth-order valence-electron chi connectivity index (χ4n) is 7.46. The maximum absolute atomic E-state index is 11.7. The number of hydrogen-bond donors (Lipinski definition) is 1. The quantitative estimate of drug-likeness (QED) is 0.0518. The molecule has 0 bridgehead atoms. The number of rotatable bonds is 9. The fourth-order valence-corrected chi connectivity index (χ4v) is 7.46. The minimum absolute atomic E-state index is 0. The van der Waals surface area contributed by atoms with Gasteiger partial charge in [0.1, 0.15) is 5.65 Å². The summed E-state index contributed by atoms with van der Waals surface area (Å²) in [6.07, 6.45) is 7.90. The number of carbonyl (C=O) groups is 1. The number of benzene rings is 4. The van der Waals surface area contributed by atoms with Crippen LogP contribution in [0.1, 0.15) is 79.7 Å². The van der Waals surface area contributed by atoms with Crippen molar-refractivity contribution in [3.05, 3.63) is 109 Å². The molecule has 4 nitrogen and oxygen atoms in total. The van der Waals surface area contributed by atoms with Gasteiger partial charge in [-0.05, 0) is 65.3 Å². The van der Waals surface area contributed by atoms with E-state index in [-0.39, 0.29) is 48.9 Å². The number of aliphatic hydroxyl groups is 1. The van der Waals surface area contributed by atoms with E-state index in [1.807, 2.05) is 33.9 Å². The minimum Gasteiger partial charge on any atom is -0.512 e. The van der Waals surface area contributed by atoms with Crippen LogP contribution in [0, 0.1) is 23.3 Å². The Bertz CT molecular complexity index is 2270. The van der Waals surface area contributed by atoms with E-state index in [4.69, 9.17) is 4.98 Å². The van der Waals surface area contributed by atoms with Crippen molar-refractivity contribution in [3.63, 3.8) is 0 Å². The summed E-state index contributed by atoms with van der Waals surface area (Å²) in [5.74, 6) is 0.547. The van der Waals surface area contributed by atoms with Gasteiger partial charge in [0.25, 0.3) is 0 Å². The summed E-state index contributed by atoms with van der Waals surface area (Å²) in [6, 6.07) is 32.2. The summed E-state index contributed by atoms with van der Waals surface area (Å²) in [4.78, 5) is 16.6. The van der Waals surface area contributed by atoms with Gasteiger partial charge < -0.3 is 9.51 Å². The van der Waals surface area contributed by atoms with Crippen LogP contribution in [0.3, 0.4) is 0 Å². The summed E-state index contributed by atoms with van der Waals surface area (Å²) in [5, 5.41) is 17.3. The largest absolute Gasteiger partial charge is 0.512 e. The van der Waals surface area contributed by atoms with Crippen LogP contribution in [0.25, 0.3) is 60.1 Å². The molecule has 0 unspecified atom stereocenters. The van der Waals surface area contributed by atoms with Crippen LogP contribution in [-0.2, 0) is 31.3 Å². The maximum Gasteiger partial charge on any atom is 0.162 e. The summed E-state index contributed by atoms with van der Waals surface area (Å²) >= 11 is 0. The molecule has 0 spiro atoms. The summed E-state index contributed by atoms with van der Waals surface area (Å²) < 4.78 is 2.33. The Morgan fingerprint density at radius 3 is 2.12 bits per heavy atom. The molecule has 0 fully saturated rings. The molecule has 0 atom stereocenters. The van der Waals surface area contributed by atoms with Crippen molar-refractivity contribution >= 4 is 54.8 Å². The smallest absolute Gasteiger partial charge is 0.162 e. The average Bonchev–Trinajstić information content (AvgIpc) is 3.42. The Balaban J connectivity index is 0.000000261. The van der Waals surface area contributed by atoms with Gasteiger partial charge in [-0.1, -0.05) is 120 Å². The van der Waals surface area contributed by atoms with Crippen LogP contribution < -0.4 is 0 Å². The second kappa shape index (κ2) is 15.5. The Morgan fingerprint density at radius 2 is 1.48 bits per heavy atom. The minimum atomic E-state index is 0. The van der Waals surface area contributed by atoms with Gasteiger partial charge in [0.15, 0.2) is 5.78 Å². The first-order valence-corrected chi connectivity index (χ1v) is 18.0. The Labute approximate surface area is 310 Å². The van der Waals surface area contributed by atoms with Gasteiger partial charge in [-0.15, -0.1) is 10.9 Å². The third kappa shape index (κ3) is 7.22. The van der Waals surface area contributed by atoms with Gasteiger partial charge in [-0.3, -0.25) is 4.79 Å². The van der Waals surface area contributed by atoms with E-state index in [2.05, 4.69) is 110 Å². The van der Waals surface area contributed by atoms with Gasteiger partial charge in [0.05, 0.1) is 5.76 Å². The van der Waals surface area contributed by atoms with Gasteiger partial charge in [0, 0.05) is 60.5 Å². The number of carbonyl (C=O) groups excluding carboxylic acids is 1. The number of ketones is 1. The summed E-state index contributed by atoms with van der Waals surface area (Å²) in [5.41, 5.74) is 7.35. The maximum atomic E-state index is 11.7. The van der Waals surface area contributed by atoms with E-state index in [0.717, 1.165) is 43.3 Å². The molecule has 5 heteroatoms. The first kappa shape index (κ1) is 37.2. The van der Waals surface area contributed by atoms with Crippen molar-refractivity contribution < 1.29 is 30.0 Å². The molecule has 1 N–H and O–H groups in total. The molecule has 261 valence electrons. The number of pyridine rings is 2. The monoisotopic (exact) mass is 842 g/mol. The van der Waals surface area contributed by atoms with Crippen molar-refractivity contribution in [2.45, 2.75) is 80.6 Å². The molecule has 3 aromatic heterocycles. The number of fused-ring (bicyclic) bond motifs is 5. The molecule has 0 saturated heterocycles. The predicted molar refractivity (Wildman–Crippen MR) is 208 cm³/mol. The number of hydrogen-bond acceptors (Lipinski definition) is 3. The molecule has 7 aromatic rings. The van der Waals surface area contributed by atoms with Crippen molar-refractivity contribution in [2.24, 2.45) is 17.3 Å². The number of allylic oxidation sites excluding steroid dienone is 2. The van der Waals surface area contributed by atoms with E-state index in [0.29, 0.717) is 0 Å². The van der Waals surface area contributed by atoms with Crippen LogP contribution in [0.4, 0.5) is 0 Å². The van der Waals surface area contributed by atoms with E-state index >= 15 is 0 Å². The zero-order chi connectivity index (χ0) is 34.9. The third-order valence-corrected chi connectivity index (χ3v) is 10.0. The number of nitrogens with zero attached hydrogens (tertiary/aromatic N) is 2. The predicted octanol–water partition coefficient (Wildman–Crippen LogP) is 12.3. The zero-order valence-corrected chi connectivity index (χ0v) is 32.8. The molecule has 3 heterocycles. The van der Waals surface area contributed by atoms with Crippen molar-refractivity contribution in [1.29, 1.82) is 0 Å². The Hall–Kier alpha value is -4.05. The van der Waals surface area contributed by atoms with Gasteiger partial charge in [-0.2, -0.15) is 18.2 Å². The molecule has 0 saturated carbocycles. The molecule has 0 aliphatic heterocycles. The van der Waals surface area contributed by atoms with Crippen LogP contribution in [0.5, 0.6) is 0 Å². The first-order chi connectivity index (χ1) is 23.6. The summed E-state index contributed by atoms with van der Waals surface area (Å²) in [6.45, 7) is 15.0. The van der Waals surface area contributed by atoms with Gasteiger partial charge >= 0.3 is 0 Å². The standard InChI is InChI=1S/C32H25N2.C13H24O2.Ir/c1-32(2,3)19-20-16-23-14-15-33-31-29(23)27(17-20)25-11-7-10-24-26-18-22(21-8-5-4-6-9-21)12-13-28(26)34(31)30(24)25;1-5-10(6-2)12(14)9-13(15)11(7-3)8-4;/h4-12,14-18H,19H2,1-3H3;9-11,14H,5-8H2,1-4H3;/q-1;;/b;12-9-;. The van der Waals surface area contributed by atoms with Crippen LogP contribution in [0.2, 0.25) is 0 Å². The molecule has 0 aliphatic rings. The number of aromatic nitrogens is 2. The summed E-state index contributed by atoms with van der Waals surface area (Å²) in [7, 11) is 0. The molecule has 1 radical (unpaired) electrons. The SMILES string of the molecule is CC(C)(C)Cc1cc2ccnc3c2c(c1)c1cccc2c4cc(-c5ccccc5)c[c-]c4n3c12.CCC(CC)C(=O)/C=C(\O)C(CC)CC.[Ir]. The van der Waals surface area contributed by atoms with Crippen molar-refractivity contribution in [3.8, 4) is 11.1 Å². The van der Waals surface area contributed by atoms with Crippen molar-refractivity contribution in [2.75, 3.05) is 0 Å². The average molecular weight is 842 g/mol. The van der Waals surface area contributed by atoms with E-state index < -0.39 is 0 Å². The zero-order valence-electron chi connectivity index (χ0n) is 30.4. The van der Waals surface area contributed by atoms with Gasteiger partial charge in [-0.25, -0.2) is 4.98 Å². The number of aliphatic hydroxyl groups excluding tert-OH is 1. The van der Waals surface area contributed by atoms with E-state index in [1.165, 1.54) is 60.6 Å². The third-order valence-electron chi connectivity index (χ3n) is 10.0. The normalized spacial score (nSPS) is 12.4. The topological polar surface area (TPSA) is 54.6 Å². The molecule has 50 heavy (non-hydrogen) atoms. The molecule has 4 aromatic carbocycles. The van der Waals surface area contributed by atoms with Gasteiger partial charge in [0.2, 0.25) is 0 Å². The molecular weight excluding hydrogens is 793 g/mol. The second-order valence-electron chi connectivity index (χ2n) is 14.7. The van der Waals surface area contributed by atoms with Crippen molar-refractivity contribution in [1.82, 2.24) is 9.38 Å². The Morgan fingerprint density at radius 1 is 0.820 bits per heavy atom. The molecule has 0 amide bonds. The number of para-hydroxylation sites is 1. The Kier molecular flexibility index (Phi) is 11.5. The molecular formula is C45H49IrN2O2-. The first-order valence-electron chi connectivity index (χ1n) is 18.0. The molecule has 0 aliphatic carbocycles.